The molecule has 0 aromatic carbocycles. The highest BCUT2D eigenvalue weighted by molar-refractivity contribution is 8.76. The van der Waals surface area contributed by atoms with Crippen molar-refractivity contribution in [3.05, 3.63) is 12.2 Å². The van der Waals surface area contributed by atoms with Crippen molar-refractivity contribution in [3.63, 3.8) is 0 Å². The van der Waals surface area contributed by atoms with Gasteiger partial charge in [0.25, 0.3) is 0 Å². The predicted molar refractivity (Wildman–Crippen MR) is 77.0 cm³/mol. The van der Waals surface area contributed by atoms with Crippen LogP contribution in [-0.2, 0) is 0 Å². The molecule has 1 aromatic rings. The SMILES string of the molecule is N[C@@H](CSSC[C@H](N)c1ncn[nH]1)C1=NCC=N1. The van der Waals surface area contributed by atoms with E-state index < -0.39 is 0 Å². The molecule has 0 saturated heterocycles. The summed E-state index contributed by atoms with van der Waals surface area (Å²) < 4.78 is 0. The Morgan fingerprint density at radius 2 is 2.06 bits per heavy atom. The van der Waals surface area contributed by atoms with Gasteiger partial charge in [-0.25, -0.2) is 9.98 Å². The van der Waals surface area contributed by atoms with Crippen molar-refractivity contribution in [2.24, 2.45) is 21.5 Å². The Morgan fingerprint density at radius 3 is 2.67 bits per heavy atom. The highest BCUT2D eigenvalue weighted by Gasteiger charge is 2.14. The van der Waals surface area contributed by atoms with E-state index in [2.05, 4.69) is 25.2 Å². The van der Waals surface area contributed by atoms with Gasteiger partial charge >= 0.3 is 0 Å². The van der Waals surface area contributed by atoms with Gasteiger partial charge in [-0.15, -0.1) is 0 Å². The summed E-state index contributed by atoms with van der Waals surface area (Å²) >= 11 is 0. The Labute approximate surface area is 113 Å². The molecular formula is C9H15N7S2. The molecule has 2 rings (SSSR count). The van der Waals surface area contributed by atoms with Gasteiger partial charge < -0.3 is 11.5 Å². The van der Waals surface area contributed by atoms with Gasteiger partial charge in [0, 0.05) is 17.7 Å². The smallest absolute Gasteiger partial charge is 0.142 e. The number of hydrogen-bond acceptors (Lipinski definition) is 8. The fourth-order valence-corrected chi connectivity index (χ4v) is 3.56. The van der Waals surface area contributed by atoms with Gasteiger partial charge in [0.05, 0.1) is 18.6 Å². The number of H-pyrrole nitrogens is 1. The first-order valence-corrected chi connectivity index (χ1v) is 7.94. The molecule has 2 heterocycles. The average molecular weight is 285 g/mol. The Hall–Kier alpha value is -0.900. The molecule has 1 aliphatic heterocycles. The molecule has 0 radical (unpaired) electrons. The van der Waals surface area contributed by atoms with Crippen LogP contribution in [0.4, 0.5) is 0 Å². The molecule has 18 heavy (non-hydrogen) atoms. The van der Waals surface area contributed by atoms with Gasteiger partial charge in [0.1, 0.15) is 18.0 Å². The van der Waals surface area contributed by atoms with Crippen molar-refractivity contribution < 1.29 is 0 Å². The second-order valence-electron chi connectivity index (χ2n) is 3.66. The van der Waals surface area contributed by atoms with Crippen LogP contribution >= 0.6 is 21.6 Å². The van der Waals surface area contributed by atoms with E-state index in [9.17, 15) is 0 Å². The second-order valence-corrected chi connectivity index (χ2v) is 6.22. The minimum absolute atomic E-state index is 0.109. The molecule has 9 heteroatoms. The quantitative estimate of drug-likeness (QED) is 0.479. The summed E-state index contributed by atoms with van der Waals surface area (Å²) in [5.74, 6) is 2.96. The largest absolute Gasteiger partial charge is 0.321 e. The first kappa shape index (κ1) is 13.5. The van der Waals surface area contributed by atoms with E-state index in [4.69, 9.17) is 11.5 Å². The van der Waals surface area contributed by atoms with Crippen molar-refractivity contribution in [1.29, 1.82) is 0 Å². The molecule has 7 nitrogen and oxygen atoms in total. The maximum atomic E-state index is 5.95. The van der Waals surface area contributed by atoms with Crippen LogP contribution in [-0.4, -0.2) is 51.3 Å². The zero-order valence-electron chi connectivity index (χ0n) is 9.69. The molecule has 0 unspecified atom stereocenters. The fourth-order valence-electron chi connectivity index (χ4n) is 1.31. The fraction of sp³-hybridized carbons (Fsp3) is 0.556. The van der Waals surface area contributed by atoms with Crippen LogP contribution in [0.25, 0.3) is 0 Å². The molecule has 0 amide bonds. The summed E-state index contributed by atoms with van der Waals surface area (Å²) in [5, 5.41) is 6.53. The van der Waals surface area contributed by atoms with Crippen LogP contribution in [0.3, 0.4) is 0 Å². The third kappa shape index (κ3) is 3.80. The molecular weight excluding hydrogens is 270 g/mol. The van der Waals surface area contributed by atoms with Gasteiger partial charge in [0.15, 0.2) is 0 Å². The van der Waals surface area contributed by atoms with Crippen LogP contribution in [0.1, 0.15) is 11.9 Å². The maximum absolute atomic E-state index is 5.95. The lowest BCUT2D eigenvalue weighted by molar-refractivity contribution is 0.757. The van der Waals surface area contributed by atoms with Crippen LogP contribution in [0.5, 0.6) is 0 Å². The summed E-state index contributed by atoms with van der Waals surface area (Å²) in [4.78, 5) is 12.3. The first-order chi connectivity index (χ1) is 8.77. The Bertz CT molecular complexity index is 417. The molecule has 5 N–H and O–H groups in total. The van der Waals surface area contributed by atoms with Gasteiger partial charge in [-0.3, -0.25) is 10.1 Å². The Kier molecular flexibility index (Phi) is 5.17. The van der Waals surface area contributed by atoms with E-state index >= 15 is 0 Å². The van der Waals surface area contributed by atoms with Gasteiger partial charge in [-0.1, -0.05) is 21.6 Å². The molecule has 2 atom stereocenters. The molecule has 0 fully saturated rings. The molecule has 1 aromatic heterocycles. The molecule has 98 valence electrons. The zero-order valence-corrected chi connectivity index (χ0v) is 11.3. The summed E-state index contributed by atoms with van der Waals surface area (Å²) in [6.45, 7) is 0.650. The number of aromatic nitrogens is 3. The topological polar surface area (TPSA) is 118 Å². The van der Waals surface area contributed by atoms with Gasteiger partial charge in [0.2, 0.25) is 0 Å². The number of rotatable bonds is 7. The Balaban J connectivity index is 1.62. The minimum Gasteiger partial charge on any atom is -0.321 e. The first-order valence-electron chi connectivity index (χ1n) is 5.45. The third-order valence-corrected chi connectivity index (χ3v) is 4.73. The highest BCUT2D eigenvalue weighted by Crippen LogP contribution is 2.25. The van der Waals surface area contributed by atoms with E-state index in [1.165, 1.54) is 6.33 Å². The number of nitrogens with one attached hydrogen (secondary N) is 1. The molecule has 0 saturated carbocycles. The maximum Gasteiger partial charge on any atom is 0.142 e. The highest BCUT2D eigenvalue weighted by atomic mass is 33.1. The normalized spacial score (nSPS) is 17.8. The van der Waals surface area contributed by atoms with Crippen LogP contribution in [0.2, 0.25) is 0 Å². The zero-order chi connectivity index (χ0) is 12.8. The lowest BCUT2D eigenvalue weighted by Crippen LogP contribution is -2.30. The number of nitrogens with two attached hydrogens (primary N) is 2. The van der Waals surface area contributed by atoms with E-state index in [1.54, 1.807) is 27.8 Å². The number of aromatic amines is 1. The minimum atomic E-state index is -0.136. The van der Waals surface area contributed by atoms with Gasteiger partial charge in [-0.05, 0) is 0 Å². The van der Waals surface area contributed by atoms with Crippen molar-refractivity contribution >= 4 is 33.6 Å². The monoisotopic (exact) mass is 285 g/mol. The standard InChI is InChI=1S/C9H15N7S2/c10-6(8-12-1-2-13-8)3-17-18-4-7(11)9-14-5-15-16-9/h1,5-7H,2-4,10-11H2,(H,14,15,16)/t6-,7-/m0/s1. The lowest BCUT2D eigenvalue weighted by Gasteiger charge is -2.10. The van der Waals surface area contributed by atoms with Gasteiger partial charge in [-0.2, -0.15) is 5.10 Å². The van der Waals surface area contributed by atoms with E-state index in [0.717, 1.165) is 17.3 Å². The number of aliphatic imine (C=N–C) groups is 2. The summed E-state index contributed by atoms with van der Waals surface area (Å²) in [7, 11) is 3.33. The average Bonchev–Trinajstić information content (AvgIpc) is 3.05. The van der Waals surface area contributed by atoms with E-state index in [1.807, 2.05) is 0 Å². The predicted octanol–water partition coefficient (Wildman–Crippen LogP) is -0.00390. The van der Waals surface area contributed by atoms with Crippen molar-refractivity contribution in [2.45, 2.75) is 12.1 Å². The van der Waals surface area contributed by atoms with E-state index in [0.29, 0.717) is 12.4 Å². The number of hydrogen-bond donors (Lipinski definition) is 3. The van der Waals surface area contributed by atoms with Crippen LogP contribution in [0, 0.1) is 0 Å². The number of nitrogens with zero attached hydrogens (tertiary/aromatic N) is 4. The summed E-state index contributed by atoms with van der Waals surface area (Å²) in [5.41, 5.74) is 11.9. The Morgan fingerprint density at radius 1 is 1.28 bits per heavy atom. The van der Waals surface area contributed by atoms with Crippen molar-refractivity contribution in [3.8, 4) is 0 Å². The van der Waals surface area contributed by atoms with Crippen molar-refractivity contribution in [1.82, 2.24) is 15.2 Å². The molecule has 1 aliphatic rings. The third-order valence-electron chi connectivity index (χ3n) is 2.25. The molecule has 0 aliphatic carbocycles. The summed E-state index contributed by atoms with van der Waals surface area (Å²) in [6, 6.07) is -0.245. The molecule has 0 spiro atoms. The summed E-state index contributed by atoms with van der Waals surface area (Å²) in [6.07, 6.45) is 3.23. The van der Waals surface area contributed by atoms with Crippen molar-refractivity contribution in [2.75, 3.05) is 18.1 Å². The number of amidine groups is 1. The second kappa shape index (κ2) is 6.88. The van der Waals surface area contributed by atoms with Crippen LogP contribution in [0.15, 0.2) is 16.3 Å². The van der Waals surface area contributed by atoms with Crippen LogP contribution < -0.4 is 11.5 Å². The lowest BCUT2D eigenvalue weighted by atomic mass is 10.3. The molecule has 0 bridgehead atoms. The van der Waals surface area contributed by atoms with E-state index in [-0.39, 0.29) is 12.1 Å².